The highest BCUT2D eigenvalue weighted by molar-refractivity contribution is 5.39. The van der Waals surface area contributed by atoms with Gasteiger partial charge in [0, 0.05) is 6.20 Å². The van der Waals surface area contributed by atoms with Gasteiger partial charge >= 0.3 is 0 Å². The molecular formula is C11H12N2O. The summed E-state index contributed by atoms with van der Waals surface area (Å²) < 4.78 is 1.78. The normalized spacial score (nSPS) is 10.4. The molecule has 0 unspecified atom stereocenters. The summed E-state index contributed by atoms with van der Waals surface area (Å²) in [5.41, 5.74) is 2.90. The molecule has 2 aromatic rings. The van der Waals surface area contributed by atoms with Gasteiger partial charge in [-0.05, 0) is 24.6 Å². The Kier molecular flexibility index (Phi) is 2.33. The van der Waals surface area contributed by atoms with Gasteiger partial charge in [0.1, 0.15) is 0 Å². The van der Waals surface area contributed by atoms with Crippen molar-refractivity contribution in [2.24, 2.45) is 0 Å². The van der Waals surface area contributed by atoms with E-state index in [2.05, 4.69) is 5.10 Å². The minimum absolute atomic E-state index is 0.0150. The largest absolute Gasteiger partial charge is 0.390 e. The minimum Gasteiger partial charge on any atom is -0.390 e. The molecule has 0 aliphatic heterocycles. The molecule has 0 saturated carbocycles. The summed E-state index contributed by atoms with van der Waals surface area (Å²) in [4.78, 5) is 0. The molecule has 14 heavy (non-hydrogen) atoms. The first-order valence-electron chi connectivity index (χ1n) is 4.52. The summed E-state index contributed by atoms with van der Waals surface area (Å²) in [6.45, 7) is 2.02. The zero-order valence-corrected chi connectivity index (χ0v) is 8.01. The molecule has 0 aliphatic rings. The van der Waals surface area contributed by atoms with Crippen molar-refractivity contribution in [3.8, 4) is 5.69 Å². The van der Waals surface area contributed by atoms with Crippen molar-refractivity contribution >= 4 is 0 Å². The molecule has 1 heterocycles. The maximum atomic E-state index is 8.89. The van der Waals surface area contributed by atoms with Crippen LogP contribution in [0, 0.1) is 6.92 Å². The van der Waals surface area contributed by atoms with Crippen molar-refractivity contribution in [1.82, 2.24) is 9.78 Å². The van der Waals surface area contributed by atoms with E-state index < -0.39 is 0 Å². The lowest BCUT2D eigenvalue weighted by atomic mass is 10.2. The number of nitrogens with zero attached hydrogens (tertiary/aromatic N) is 2. The van der Waals surface area contributed by atoms with E-state index in [1.807, 2.05) is 43.5 Å². The van der Waals surface area contributed by atoms with Crippen molar-refractivity contribution in [1.29, 1.82) is 0 Å². The quantitative estimate of drug-likeness (QED) is 0.778. The van der Waals surface area contributed by atoms with Gasteiger partial charge in [0.05, 0.1) is 18.0 Å². The van der Waals surface area contributed by atoms with Crippen molar-refractivity contribution < 1.29 is 5.11 Å². The molecule has 1 aromatic carbocycles. The average Bonchev–Trinajstić information content (AvgIpc) is 2.67. The van der Waals surface area contributed by atoms with Crippen LogP contribution in [0.1, 0.15) is 11.3 Å². The third kappa shape index (κ3) is 1.54. The van der Waals surface area contributed by atoms with Crippen LogP contribution in [0.4, 0.5) is 0 Å². The smallest absolute Gasteiger partial charge is 0.0883 e. The molecule has 0 spiro atoms. The van der Waals surface area contributed by atoms with Crippen LogP contribution in [0.5, 0.6) is 0 Å². The summed E-state index contributed by atoms with van der Waals surface area (Å²) in [5, 5.41) is 13.1. The second-order valence-electron chi connectivity index (χ2n) is 3.20. The molecule has 72 valence electrons. The Morgan fingerprint density at radius 2 is 2.07 bits per heavy atom. The fourth-order valence-corrected chi connectivity index (χ4v) is 1.40. The second-order valence-corrected chi connectivity index (χ2v) is 3.20. The molecule has 3 heteroatoms. The van der Waals surface area contributed by atoms with Gasteiger partial charge < -0.3 is 5.11 Å². The number of benzene rings is 1. The number of hydrogen-bond acceptors (Lipinski definition) is 2. The molecule has 0 fully saturated rings. The first kappa shape index (κ1) is 8.97. The predicted octanol–water partition coefficient (Wildman–Crippen LogP) is 1.67. The molecule has 0 atom stereocenters. The topological polar surface area (TPSA) is 38.0 Å². The van der Waals surface area contributed by atoms with Crippen LogP contribution in [0.15, 0.2) is 36.5 Å². The Labute approximate surface area is 82.6 Å². The van der Waals surface area contributed by atoms with Gasteiger partial charge in [-0.15, -0.1) is 0 Å². The highest BCUT2D eigenvalue weighted by atomic mass is 16.3. The van der Waals surface area contributed by atoms with Crippen molar-refractivity contribution in [3.05, 3.63) is 47.8 Å². The average molecular weight is 188 g/mol. The maximum Gasteiger partial charge on any atom is 0.0883 e. The van der Waals surface area contributed by atoms with Crippen LogP contribution in [-0.2, 0) is 6.61 Å². The zero-order valence-electron chi connectivity index (χ0n) is 8.01. The third-order valence-electron chi connectivity index (χ3n) is 2.17. The van der Waals surface area contributed by atoms with E-state index >= 15 is 0 Å². The lowest BCUT2D eigenvalue weighted by Crippen LogP contribution is -1.98. The Morgan fingerprint density at radius 3 is 2.71 bits per heavy atom. The first-order valence-corrected chi connectivity index (χ1v) is 4.52. The summed E-state index contributed by atoms with van der Waals surface area (Å²) in [6.07, 6.45) is 1.86. The predicted molar refractivity (Wildman–Crippen MR) is 54.2 cm³/mol. The van der Waals surface area contributed by atoms with Gasteiger partial charge in [-0.1, -0.05) is 18.2 Å². The van der Waals surface area contributed by atoms with Gasteiger partial charge in [-0.25, -0.2) is 4.68 Å². The Hall–Kier alpha value is -1.61. The maximum absolute atomic E-state index is 8.89. The lowest BCUT2D eigenvalue weighted by molar-refractivity contribution is 0.276. The fourth-order valence-electron chi connectivity index (χ4n) is 1.40. The van der Waals surface area contributed by atoms with Crippen molar-refractivity contribution in [2.75, 3.05) is 0 Å². The van der Waals surface area contributed by atoms with Crippen molar-refractivity contribution in [2.45, 2.75) is 13.5 Å². The minimum atomic E-state index is -0.0150. The number of aryl methyl sites for hydroxylation is 1. The van der Waals surface area contributed by atoms with Crippen LogP contribution in [0.3, 0.4) is 0 Å². The molecule has 1 aromatic heterocycles. The number of aromatic nitrogens is 2. The van der Waals surface area contributed by atoms with Crippen LogP contribution in [-0.4, -0.2) is 14.9 Å². The third-order valence-corrected chi connectivity index (χ3v) is 2.17. The van der Waals surface area contributed by atoms with Crippen LogP contribution in [0.2, 0.25) is 0 Å². The number of aliphatic hydroxyl groups is 1. The molecule has 0 saturated heterocycles. The summed E-state index contributed by atoms with van der Waals surface area (Å²) in [6, 6.07) is 9.82. The Balaban J connectivity index is 2.44. The van der Waals surface area contributed by atoms with E-state index in [0.29, 0.717) is 5.69 Å². The monoisotopic (exact) mass is 188 g/mol. The summed E-state index contributed by atoms with van der Waals surface area (Å²) in [5.74, 6) is 0. The van der Waals surface area contributed by atoms with Crippen LogP contribution in [0.25, 0.3) is 5.69 Å². The van der Waals surface area contributed by atoms with Crippen molar-refractivity contribution in [3.63, 3.8) is 0 Å². The number of para-hydroxylation sites is 1. The molecule has 0 aliphatic carbocycles. The van der Waals surface area contributed by atoms with Gasteiger partial charge in [-0.3, -0.25) is 0 Å². The van der Waals surface area contributed by atoms with E-state index in [9.17, 15) is 0 Å². The molecule has 1 N–H and O–H groups in total. The molecule has 2 rings (SSSR count). The van der Waals surface area contributed by atoms with E-state index in [0.717, 1.165) is 5.69 Å². The molecule has 0 radical (unpaired) electrons. The van der Waals surface area contributed by atoms with Crippen LogP contribution < -0.4 is 0 Å². The first-order chi connectivity index (χ1) is 6.81. The lowest BCUT2D eigenvalue weighted by Gasteiger charge is -2.04. The van der Waals surface area contributed by atoms with E-state index in [4.69, 9.17) is 5.11 Å². The Morgan fingerprint density at radius 1 is 1.29 bits per heavy atom. The highest BCUT2D eigenvalue weighted by Gasteiger charge is 2.01. The second kappa shape index (κ2) is 3.64. The van der Waals surface area contributed by atoms with Gasteiger partial charge in [-0.2, -0.15) is 5.10 Å². The summed E-state index contributed by atoms with van der Waals surface area (Å²) >= 11 is 0. The highest BCUT2D eigenvalue weighted by Crippen LogP contribution is 2.12. The van der Waals surface area contributed by atoms with E-state index in [-0.39, 0.29) is 6.61 Å². The molecule has 0 bridgehead atoms. The molecular weight excluding hydrogens is 176 g/mol. The van der Waals surface area contributed by atoms with Crippen LogP contribution >= 0.6 is 0 Å². The van der Waals surface area contributed by atoms with Gasteiger partial charge in [0.2, 0.25) is 0 Å². The molecule has 0 amide bonds. The van der Waals surface area contributed by atoms with Gasteiger partial charge in [0.25, 0.3) is 0 Å². The zero-order chi connectivity index (χ0) is 9.97. The van der Waals surface area contributed by atoms with E-state index in [1.165, 1.54) is 5.56 Å². The number of aliphatic hydroxyl groups excluding tert-OH is 1. The Bertz CT molecular complexity index is 434. The number of hydrogen-bond donors (Lipinski definition) is 1. The van der Waals surface area contributed by atoms with Gasteiger partial charge in [0.15, 0.2) is 0 Å². The summed E-state index contributed by atoms with van der Waals surface area (Å²) in [7, 11) is 0. The fraction of sp³-hybridized carbons (Fsp3) is 0.182. The SMILES string of the molecule is Cc1ccccc1-n1ccc(CO)n1. The molecule has 3 nitrogen and oxygen atoms in total. The van der Waals surface area contributed by atoms with E-state index in [1.54, 1.807) is 4.68 Å². The standard InChI is InChI=1S/C11H12N2O/c1-9-4-2-3-5-11(9)13-7-6-10(8-14)12-13/h2-7,14H,8H2,1H3. The number of rotatable bonds is 2.